The molecule has 2 amide bonds. The van der Waals surface area contributed by atoms with Gasteiger partial charge in [0.25, 0.3) is 5.91 Å². The van der Waals surface area contributed by atoms with Crippen LogP contribution in [0.4, 0.5) is 0 Å². The Labute approximate surface area is 201 Å². The summed E-state index contributed by atoms with van der Waals surface area (Å²) in [6, 6.07) is 17.4. The lowest BCUT2D eigenvalue weighted by Gasteiger charge is -2.29. The first kappa shape index (κ1) is 23.4. The van der Waals surface area contributed by atoms with Crippen molar-refractivity contribution in [3.05, 3.63) is 100 Å². The fourth-order valence-electron chi connectivity index (χ4n) is 3.61. The summed E-state index contributed by atoms with van der Waals surface area (Å²) in [4.78, 5) is 29.4. The van der Waals surface area contributed by atoms with E-state index in [-0.39, 0.29) is 24.8 Å². The number of rotatable bonds is 10. The van der Waals surface area contributed by atoms with Crippen LogP contribution in [-0.4, -0.2) is 23.8 Å². The van der Waals surface area contributed by atoms with Crippen molar-refractivity contribution in [1.29, 1.82) is 0 Å². The molecule has 0 bridgehead atoms. The van der Waals surface area contributed by atoms with Crippen molar-refractivity contribution in [1.82, 2.24) is 10.2 Å². The molecule has 0 saturated carbocycles. The number of nitrogens with zero attached hydrogens (tertiary/aromatic N) is 1. The molecular weight excluding hydrogens is 452 g/mol. The number of furan rings is 2. The average Bonchev–Trinajstić information content (AvgIpc) is 3.62. The third-order valence-electron chi connectivity index (χ3n) is 5.35. The first-order chi connectivity index (χ1) is 16.5. The van der Waals surface area contributed by atoms with Gasteiger partial charge in [-0.15, -0.1) is 11.3 Å². The van der Waals surface area contributed by atoms with Crippen LogP contribution >= 0.6 is 11.3 Å². The van der Waals surface area contributed by atoms with Crippen LogP contribution in [0.2, 0.25) is 0 Å². The Hall–Kier alpha value is -3.78. The lowest BCUT2D eigenvalue weighted by molar-refractivity contribution is -0.142. The van der Waals surface area contributed by atoms with Crippen LogP contribution in [0.25, 0.3) is 0 Å². The largest absolute Gasteiger partial charge is 0.497 e. The zero-order valence-corrected chi connectivity index (χ0v) is 19.8. The molecule has 0 aliphatic rings. The van der Waals surface area contributed by atoms with Gasteiger partial charge in [-0.05, 0) is 60.3 Å². The molecule has 0 saturated heterocycles. The van der Waals surface area contributed by atoms with Gasteiger partial charge < -0.3 is 23.8 Å². The lowest BCUT2D eigenvalue weighted by atomic mass is 10.1. The predicted molar refractivity (Wildman–Crippen MR) is 128 cm³/mol. The van der Waals surface area contributed by atoms with E-state index in [0.29, 0.717) is 23.8 Å². The Kier molecular flexibility index (Phi) is 7.49. The molecule has 176 valence electrons. The molecular formula is C26H26N2O5S. The topological polar surface area (TPSA) is 84.9 Å². The number of hydrogen-bond acceptors (Lipinski definition) is 6. The predicted octanol–water partition coefficient (Wildman–Crippen LogP) is 4.88. The van der Waals surface area contributed by atoms with E-state index >= 15 is 0 Å². The van der Waals surface area contributed by atoms with Gasteiger partial charge in [0, 0.05) is 11.4 Å². The van der Waals surface area contributed by atoms with Crippen molar-refractivity contribution in [2.45, 2.75) is 32.5 Å². The first-order valence-corrected chi connectivity index (χ1v) is 11.7. The molecule has 0 fully saturated rings. The minimum Gasteiger partial charge on any atom is -0.497 e. The highest BCUT2D eigenvalue weighted by atomic mass is 32.1. The Morgan fingerprint density at radius 1 is 1.09 bits per heavy atom. The first-order valence-electron chi connectivity index (χ1n) is 10.8. The highest BCUT2D eigenvalue weighted by Crippen LogP contribution is 2.27. The maximum Gasteiger partial charge on any atom is 0.251 e. The summed E-state index contributed by atoms with van der Waals surface area (Å²) in [5, 5.41) is 4.88. The molecule has 1 aromatic carbocycles. The van der Waals surface area contributed by atoms with E-state index < -0.39 is 6.04 Å². The smallest absolute Gasteiger partial charge is 0.251 e. The maximum absolute atomic E-state index is 13.5. The fourth-order valence-corrected chi connectivity index (χ4v) is 4.31. The van der Waals surface area contributed by atoms with Gasteiger partial charge in [-0.25, -0.2) is 0 Å². The van der Waals surface area contributed by atoms with E-state index in [1.54, 1.807) is 44.6 Å². The van der Waals surface area contributed by atoms with Gasteiger partial charge in [0.2, 0.25) is 5.91 Å². The number of ether oxygens (including phenoxy) is 1. The molecule has 0 radical (unpaired) electrons. The van der Waals surface area contributed by atoms with Gasteiger partial charge in [0.1, 0.15) is 23.0 Å². The fraction of sp³-hybridized carbons (Fsp3) is 0.231. The van der Waals surface area contributed by atoms with Gasteiger partial charge >= 0.3 is 0 Å². The van der Waals surface area contributed by atoms with E-state index in [1.807, 2.05) is 41.8 Å². The number of carbonyl (C=O) groups excluding carboxylic acids is 2. The Bertz CT molecular complexity index is 1200. The van der Waals surface area contributed by atoms with Crippen molar-refractivity contribution in [3.8, 4) is 5.75 Å². The van der Waals surface area contributed by atoms with Crippen molar-refractivity contribution in [2.75, 3.05) is 7.11 Å². The second-order valence-corrected chi connectivity index (χ2v) is 8.81. The van der Waals surface area contributed by atoms with E-state index in [0.717, 1.165) is 16.2 Å². The molecule has 4 aromatic rings. The summed E-state index contributed by atoms with van der Waals surface area (Å²) in [5.41, 5.74) is 0.908. The van der Waals surface area contributed by atoms with Gasteiger partial charge in [-0.1, -0.05) is 18.2 Å². The van der Waals surface area contributed by atoms with E-state index in [9.17, 15) is 9.59 Å². The van der Waals surface area contributed by atoms with E-state index in [2.05, 4.69) is 5.32 Å². The van der Waals surface area contributed by atoms with Crippen LogP contribution in [-0.2, 0) is 29.1 Å². The summed E-state index contributed by atoms with van der Waals surface area (Å²) >= 11 is 1.50. The van der Waals surface area contributed by atoms with Crippen molar-refractivity contribution >= 4 is 23.2 Å². The molecule has 4 rings (SSSR count). The highest BCUT2D eigenvalue weighted by Gasteiger charge is 2.34. The number of hydrogen-bond donors (Lipinski definition) is 1. The van der Waals surface area contributed by atoms with Crippen molar-refractivity contribution in [2.24, 2.45) is 0 Å². The van der Waals surface area contributed by atoms with E-state index in [1.165, 1.54) is 16.2 Å². The normalized spacial score (nSPS) is 11.7. The van der Waals surface area contributed by atoms with Gasteiger partial charge in [0.05, 0.1) is 26.3 Å². The molecule has 0 aliphatic heterocycles. The minimum absolute atomic E-state index is 0.136. The van der Waals surface area contributed by atoms with Crippen LogP contribution < -0.4 is 10.1 Å². The molecule has 3 aromatic heterocycles. The summed E-state index contributed by atoms with van der Waals surface area (Å²) in [5.74, 6) is 1.84. The number of methoxy groups -OCH3 is 1. The van der Waals surface area contributed by atoms with E-state index in [4.69, 9.17) is 13.6 Å². The number of aryl methyl sites for hydroxylation is 1. The second kappa shape index (κ2) is 10.9. The monoisotopic (exact) mass is 478 g/mol. The summed E-state index contributed by atoms with van der Waals surface area (Å²) in [6.07, 6.45) is 1.73. The number of nitrogens with one attached hydrogen (secondary N) is 1. The number of amides is 2. The van der Waals surface area contributed by atoms with Gasteiger partial charge in [-0.3, -0.25) is 9.59 Å². The molecule has 0 spiro atoms. The molecule has 3 heterocycles. The van der Waals surface area contributed by atoms with Crippen LogP contribution in [0.15, 0.2) is 81.1 Å². The van der Waals surface area contributed by atoms with Gasteiger partial charge in [0.15, 0.2) is 6.04 Å². The molecule has 1 atom stereocenters. The maximum atomic E-state index is 13.5. The average molecular weight is 479 g/mol. The molecule has 1 N–H and O–H groups in total. The standard InChI is InChI=1S/C26H26N2O5S/c1-18-7-12-23(33-18)25(26(30)27-16-19-8-10-20(31-2)11-9-19)28(17-21-5-3-13-32-21)24(29)15-22-6-4-14-34-22/h3-14,25H,15-17H2,1-2H3,(H,27,30). The van der Waals surface area contributed by atoms with Crippen LogP contribution in [0.5, 0.6) is 5.75 Å². The molecule has 1 unspecified atom stereocenters. The Balaban J connectivity index is 1.60. The minimum atomic E-state index is -0.954. The zero-order valence-electron chi connectivity index (χ0n) is 19.0. The van der Waals surface area contributed by atoms with Crippen molar-refractivity contribution < 1.29 is 23.2 Å². The summed E-state index contributed by atoms with van der Waals surface area (Å²) in [7, 11) is 1.60. The van der Waals surface area contributed by atoms with Gasteiger partial charge in [-0.2, -0.15) is 0 Å². The van der Waals surface area contributed by atoms with Crippen molar-refractivity contribution in [3.63, 3.8) is 0 Å². The highest BCUT2D eigenvalue weighted by molar-refractivity contribution is 7.10. The summed E-state index contributed by atoms with van der Waals surface area (Å²) in [6.45, 7) is 2.24. The zero-order chi connectivity index (χ0) is 23.9. The molecule has 34 heavy (non-hydrogen) atoms. The molecule has 0 aliphatic carbocycles. The molecule has 8 heteroatoms. The summed E-state index contributed by atoms with van der Waals surface area (Å²) < 4.78 is 16.5. The number of carbonyl (C=O) groups is 2. The van der Waals surface area contributed by atoms with Crippen LogP contribution in [0, 0.1) is 6.92 Å². The lowest BCUT2D eigenvalue weighted by Crippen LogP contribution is -2.43. The number of benzene rings is 1. The molecule has 7 nitrogen and oxygen atoms in total. The Morgan fingerprint density at radius 3 is 2.53 bits per heavy atom. The third kappa shape index (κ3) is 5.77. The second-order valence-electron chi connectivity index (χ2n) is 7.77. The SMILES string of the molecule is COc1ccc(CNC(=O)C(c2ccc(C)o2)N(Cc2ccco2)C(=O)Cc2cccs2)cc1. The Morgan fingerprint density at radius 2 is 1.91 bits per heavy atom. The van der Waals surface area contributed by atoms with Crippen LogP contribution in [0.3, 0.4) is 0 Å². The third-order valence-corrected chi connectivity index (χ3v) is 6.23. The number of thiophene rings is 1. The van der Waals surface area contributed by atoms with Crippen LogP contribution in [0.1, 0.15) is 33.8 Å². The quantitative estimate of drug-likeness (QED) is 0.351.